The Kier molecular flexibility index (Phi) is 4.87. The molecule has 0 aliphatic carbocycles. The molecule has 1 rings (SSSR count). The van der Waals surface area contributed by atoms with Gasteiger partial charge in [-0.25, -0.2) is 8.78 Å². The van der Waals surface area contributed by atoms with Gasteiger partial charge in [-0.05, 0) is 37.4 Å². The largest absolute Gasteiger partial charge is 0.317 e. The van der Waals surface area contributed by atoms with Crippen molar-refractivity contribution in [1.29, 1.82) is 0 Å². The predicted molar refractivity (Wildman–Crippen MR) is 62.4 cm³/mol. The molecule has 0 bridgehead atoms. The SMILES string of the molecule is CNC(CCc1cccc(F)c1F)C(C)C. The highest BCUT2D eigenvalue weighted by Gasteiger charge is 2.13. The standard InChI is InChI=1S/C13H19F2N/c1-9(2)12(16-3)8-7-10-5-4-6-11(14)13(10)15/h4-6,9,12,16H,7-8H2,1-3H3. The second-order valence-electron chi connectivity index (χ2n) is 4.39. The van der Waals surface area contributed by atoms with Crippen LogP contribution in [0.2, 0.25) is 0 Å². The molecule has 1 nitrogen and oxygen atoms in total. The third-order valence-corrected chi connectivity index (χ3v) is 2.93. The predicted octanol–water partition coefficient (Wildman–Crippen LogP) is 3.14. The lowest BCUT2D eigenvalue weighted by Crippen LogP contribution is -2.31. The summed E-state index contributed by atoms with van der Waals surface area (Å²) < 4.78 is 26.3. The minimum absolute atomic E-state index is 0.336. The Bertz CT molecular complexity index is 337. The van der Waals surface area contributed by atoms with E-state index in [1.807, 2.05) is 7.05 Å². The first-order valence-electron chi connectivity index (χ1n) is 5.66. The molecule has 0 aliphatic rings. The number of benzene rings is 1. The Morgan fingerprint density at radius 3 is 2.50 bits per heavy atom. The number of nitrogens with one attached hydrogen (secondary N) is 1. The summed E-state index contributed by atoms with van der Waals surface area (Å²) in [4.78, 5) is 0. The topological polar surface area (TPSA) is 12.0 Å². The fourth-order valence-corrected chi connectivity index (χ4v) is 1.86. The van der Waals surface area contributed by atoms with Crippen molar-refractivity contribution in [1.82, 2.24) is 5.32 Å². The summed E-state index contributed by atoms with van der Waals surface area (Å²) in [5.74, 6) is -0.981. The zero-order chi connectivity index (χ0) is 12.1. The van der Waals surface area contributed by atoms with Crippen LogP contribution in [0.3, 0.4) is 0 Å². The normalized spacial score (nSPS) is 13.1. The maximum Gasteiger partial charge on any atom is 0.162 e. The van der Waals surface area contributed by atoms with Gasteiger partial charge in [0.15, 0.2) is 11.6 Å². The Labute approximate surface area is 95.9 Å². The van der Waals surface area contributed by atoms with Gasteiger partial charge in [0.25, 0.3) is 0 Å². The minimum Gasteiger partial charge on any atom is -0.317 e. The van der Waals surface area contributed by atoms with Crippen LogP contribution in [-0.2, 0) is 6.42 Å². The Morgan fingerprint density at radius 2 is 1.94 bits per heavy atom. The molecule has 0 saturated carbocycles. The van der Waals surface area contributed by atoms with E-state index < -0.39 is 11.6 Å². The summed E-state index contributed by atoms with van der Waals surface area (Å²) in [6, 6.07) is 4.68. The van der Waals surface area contributed by atoms with E-state index in [0.717, 1.165) is 12.5 Å². The number of hydrogen-bond donors (Lipinski definition) is 1. The Balaban J connectivity index is 2.64. The second kappa shape index (κ2) is 5.94. The fraction of sp³-hybridized carbons (Fsp3) is 0.538. The van der Waals surface area contributed by atoms with Gasteiger partial charge < -0.3 is 5.32 Å². The van der Waals surface area contributed by atoms with Crippen LogP contribution in [0.1, 0.15) is 25.8 Å². The summed E-state index contributed by atoms with van der Waals surface area (Å²) in [5.41, 5.74) is 0.459. The average Bonchev–Trinajstić information content (AvgIpc) is 2.24. The van der Waals surface area contributed by atoms with Crippen molar-refractivity contribution in [3.63, 3.8) is 0 Å². The van der Waals surface area contributed by atoms with Crippen molar-refractivity contribution in [3.8, 4) is 0 Å². The molecule has 1 N–H and O–H groups in total. The van der Waals surface area contributed by atoms with Gasteiger partial charge in [-0.3, -0.25) is 0 Å². The van der Waals surface area contributed by atoms with Crippen LogP contribution in [-0.4, -0.2) is 13.1 Å². The average molecular weight is 227 g/mol. The van der Waals surface area contributed by atoms with Crippen LogP contribution >= 0.6 is 0 Å². The Hall–Kier alpha value is -0.960. The monoisotopic (exact) mass is 227 g/mol. The van der Waals surface area contributed by atoms with Crippen LogP contribution in [0.25, 0.3) is 0 Å². The maximum absolute atomic E-state index is 13.4. The molecule has 0 amide bonds. The second-order valence-corrected chi connectivity index (χ2v) is 4.39. The molecule has 0 saturated heterocycles. The van der Waals surface area contributed by atoms with E-state index in [2.05, 4.69) is 19.2 Å². The quantitative estimate of drug-likeness (QED) is 0.814. The van der Waals surface area contributed by atoms with Crippen molar-refractivity contribution in [3.05, 3.63) is 35.4 Å². The minimum atomic E-state index is -0.761. The van der Waals surface area contributed by atoms with Gasteiger partial charge in [0, 0.05) is 6.04 Å². The van der Waals surface area contributed by atoms with Gasteiger partial charge in [-0.2, -0.15) is 0 Å². The molecular weight excluding hydrogens is 208 g/mol. The smallest absolute Gasteiger partial charge is 0.162 e. The number of rotatable bonds is 5. The third-order valence-electron chi connectivity index (χ3n) is 2.93. The molecule has 3 heteroatoms. The summed E-state index contributed by atoms with van der Waals surface area (Å²) in [5, 5.41) is 3.19. The van der Waals surface area contributed by atoms with Crippen molar-refractivity contribution in [2.24, 2.45) is 5.92 Å². The summed E-state index contributed by atoms with van der Waals surface area (Å²) in [6.07, 6.45) is 1.38. The first kappa shape index (κ1) is 13.1. The highest BCUT2D eigenvalue weighted by molar-refractivity contribution is 5.19. The van der Waals surface area contributed by atoms with Gasteiger partial charge in [0.2, 0.25) is 0 Å². The zero-order valence-corrected chi connectivity index (χ0v) is 10.1. The van der Waals surface area contributed by atoms with Gasteiger partial charge in [-0.15, -0.1) is 0 Å². The van der Waals surface area contributed by atoms with E-state index in [1.54, 1.807) is 12.1 Å². The first-order valence-corrected chi connectivity index (χ1v) is 5.66. The maximum atomic E-state index is 13.4. The highest BCUT2D eigenvalue weighted by atomic mass is 19.2. The van der Waals surface area contributed by atoms with Crippen molar-refractivity contribution in [2.45, 2.75) is 32.7 Å². The van der Waals surface area contributed by atoms with E-state index in [-0.39, 0.29) is 0 Å². The molecule has 0 radical (unpaired) electrons. The number of hydrogen-bond acceptors (Lipinski definition) is 1. The summed E-state index contributed by atoms with van der Waals surface area (Å²) in [6.45, 7) is 4.23. The molecule has 1 aromatic carbocycles. The van der Waals surface area contributed by atoms with E-state index in [4.69, 9.17) is 0 Å². The Morgan fingerprint density at radius 1 is 1.25 bits per heavy atom. The van der Waals surface area contributed by atoms with Crippen LogP contribution < -0.4 is 5.32 Å². The number of aryl methyl sites for hydroxylation is 1. The van der Waals surface area contributed by atoms with Gasteiger partial charge in [-0.1, -0.05) is 26.0 Å². The third kappa shape index (κ3) is 3.27. The van der Waals surface area contributed by atoms with E-state index in [0.29, 0.717) is 23.9 Å². The molecule has 0 fully saturated rings. The molecule has 0 aliphatic heterocycles. The summed E-state index contributed by atoms with van der Waals surface area (Å²) in [7, 11) is 1.90. The highest BCUT2D eigenvalue weighted by Crippen LogP contribution is 2.16. The van der Waals surface area contributed by atoms with Gasteiger partial charge in [0.05, 0.1) is 0 Å². The zero-order valence-electron chi connectivity index (χ0n) is 10.1. The molecular formula is C13H19F2N. The van der Waals surface area contributed by atoms with Crippen molar-refractivity contribution >= 4 is 0 Å². The number of halogens is 2. The molecule has 90 valence electrons. The van der Waals surface area contributed by atoms with Crippen molar-refractivity contribution in [2.75, 3.05) is 7.05 Å². The molecule has 1 atom stereocenters. The van der Waals surface area contributed by atoms with Gasteiger partial charge in [0.1, 0.15) is 0 Å². The first-order chi connectivity index (χ1) is 7.56. The summed E-state index contributed by atoms with van der Waals surface area (Å²) >= 11 is 0. The molecule has 0 spiro atoms. The molecule has 1 unspecified atom stereocenters. The van der Waals surface area contributed by atoms with E-state index in [9.17, 15) is 8.78 Å². The van der Waals surface area contributed by atoms with Crippen LogP contribution in [0.4, 0.5) is 8.78 Å². The van der Waals surface area contributed by atoms with Crippen LogP contribution in [0, 0.1) is 17.6 Å². The van der Waals surface area contributed by atoms with E-state index >= 15 is 0 Å². The molecule has 0 heterocycles. The van der Waals surface area contributed by atoms with Crippen LogP contribution in [0.5, 0.6) is 0 Å². The molecule has 0 aromatic heterocycles. The van der Waals surface area contributed by atoms with Crippen LogP contribution in [0.15, 0.2) is 18.2 Å². The van der Waals surface area contributed by atoms with E-state index in [1.165, 1.54) is 0 Å². The lowest BCUT2D eigenvalue weighted by atomic mass is 9.96. The van der Waals surface area contributed by atoms with Gasteiger partial charge >= 0.3 is 0 Å². The van der Waals surface area contributed by atoms with Crippen molar-refractivity contribution < 1.29 is 8.78 Å². The lowest BCUT2D eigenvalue weighted by molar-refractivity contribution is 0.398. The fourth-order valence-electron chi connectivity index (χ4n) is 1.86. The molecule has 1 aromatic rings. The molecule has 16 heavy (non-hydrogen) atoms. The lowest BCUT2D eigenvalue weighted by Gasteiger charge is -2.20.